The number of alkyl halides is 3. The van der Waals surface area contributed by atoms with Gasteiger partial charge in [0.1, 0.15) is 11.6 Å². The molecule has 13 heteroatoms. The van der Waals surface area contributed by atoms with Crippen molar-refractivity contribution in [3.05, 3.63) is 59.2 Å². The van der Waals surface area contributed by atoms with Crippen molar-refractivity contribution in [2.45, 2.75) is 63.3 Å². The van der Waals surface area contributed by atoms with Crippen molar-refractivity contribution < 1.29 is 27.6 Å². The summed E-state index contributed by atoms with van der Waals surface area (Å²) in [7, 11) is 1.79. The molecular formula is C30H36F3N7O3. The Kier molecular flexibility index (Phi) is 9.00. The van der Waals surface area contributed by atoms with Crippen molar-refractivity contribution in [3.63, 3.8) is 0 Å². The van der Waals surface area contributed by atoms with E-state index in [4.69, 9.17) is 5.73 Å². The fraction of sp³-hybridized carbons (Fsp3) is 0.500. The van der Waals surface area contributed by atoms with E-state index in [-0.39, 0.29) is 43.7 Å². The Hall–Kier alpha value is -4.00. The highest BCUT2D eigenvalue weighted by atomic mass is 19.4. The summed E-state index contributed by atoms with van der Waals surface area (Å²) in [6, 6.07) is 8.76. The van der Waals surface area contributed by atoms with Gasteiger partial charge in [0.15, 0.2) is 0 Å². The van der Waals surface area contributed by atoms with Crippen molar-refractivity contribution in [1.29, 1.82) is 0 Å². The molecular weight excluding hydrogens is 563 g/mol. The second-order valence-electron chi connectivity index (χ2n) is 11.5. The molecule has 0 unspecified atom stereocenters. The summed E-state index contributed by atoms with van der Waals surface area (Å²) in [4.78, 5) is 42.7. The molecule has 3 heterocycles. The fourth-order valence-electron chi connectivity index (χ4n) is 5.97. The summed E-state index contributed by atoms with van der Waals surface area (Å²) in [6.45, 7) is 1.87. The van der Waals surface area contributed by atoms with Gasteiger partial charge in [-0.15, -0.1) is 5.10 Å². The summed E-state index contributed by atoms with van der Waals surface area (Å²) < 4.78 is 40.7. The van der Waals surface area contributed by atoms with Crippen LogP contribution in [0.25, 0.3) is 11.0 Å². The number of nitrogens with one attached hydrogen (secondary N) is 1. The summed E-state index contributed by atoms with van der Waals surface area (Å²) in [5.74, 6) is -0.948. The van der Waals surface area contributed by atoms with Crippen LogP contribution in [0.4, 0.5) is 13.2 Å². The SMILES string of the molecule is Cn1nnc2cc(CNC(=O)[C@@H]3C[C@@H](Cc4ccc(C(F)(F)F)cc4)CN3C(=O)[C@H](N)CCC(=O)N3CCCC3)ccc21. The maximum absolute atomic E-state index is 13.5. The maximum atomic E-state index is 13.5. The molecule has 43 heavy (non-hydrogen) atoms. The normalized spacial score (nSPS) is 19.7. The Morgan fingerprint density at radius 3 is 2.47 bits per heavy atom. The number of hydrogen-bond acceptors (Lipinski definition) is 6. The zero-order valence-corrected chi connectivity index (χ0v) is 24.0. The van der Waals surface area contributed by atoms with Gasteiger partial charge in [-0.1, -0.05) is 23.4 Å². The Labute approximate surface area is 247 Å². The van der Waals surface area contributed by atoms with Gasteiger partial charge in [-0.25, -0.2) is 4.68 Å². The van der Waals surface area contributed by atoms with Gasteiger partial charge in [-0.3, -0.25) is 14.4 Å². The first-order valence-corrected chi connectivity index (χ1v) is 14.6. The third-order valence-electron chi connectivity index (χ3n) is 8.37. The van der Waals surface area contributed by atoms with Gasteiger partial charge in [0.2, 0.25) is 17.7 Å². The number of fused-ring (bicyclic) bond motifs is 1. The van der Waals surface area contributed by atoms with E-state index < -0.39 is 29.7 Å². The fourth-order valence-corrected chi connectivity index (χ4v) is 5.97. The number of aromatic nitrogens is 3. The highest BCUT2D eigenvalue weighted by Gasteiger charge is 2.41. The van der Waals surface area contributed by atoms with Crippen molar-refractivity contribution >= 4 is 28.8 Å². The lowest BCUT2D eigenvalue weighted by atomic mass is 9.96. The van der Waals surface area contributed by atoms with Gasteiger partial charge in [0.25, 0.3) is 0 Å². The molecule has 10 nitrogen and oxygen atoms in total. The Morgan fingerprint density at radius 1 is 1.07 bits per heavy atom. The average Bonchev–Trinajstić information content (AvgIpc) is 3.75. The monoisotopic (exact) mass is 599 g/mol. The van der Waals surface area contributed by atoms with Crippen LogP contribution in [-0.4, -0.2) is 74.2 Å². The van der Waals surface area contributed by atoms with E-state index in [2.05, 4.69) is 15.6 Å². The Bertz CT molecular complexity index is 1470. The number of benzene rings is 2. The Balaban J connectivity index is 1.26. The van der Waals surface area contributed by atoms with E-state index in [1.165, 1.54) is 17.0 Å². The van der Waals surface area contributed by atoms with E-state index in [9.17, 15) is 27.6 Å². The number of likely N-dealkylation sites (tertiary alicyclic amines) is 2. The first-order chi connectivity index (χ1) is 20.5. The molecule has 3 amide bonds. The number of nitrogens with two attached hydrogens (primary N) is 1. The largest absolute Gasteiger partial charge is 0.416 e. The molecule has 2 aliphatic heterocycles. The summed E-state index contributed by atoms with van der Waals surface area (Å²) in [5, 5.41) is 11.0. The molecule has 2 saturated heterocycles. The van der Waals surface area contributed by atoms with E-state index in [0.717, 1.165) is 36.1 Å². The molecule has 1 aromatic heterocycles. The van der Waals surface area contributed by atoms with E-state index >= 15 is 0 Å². The quantitative estimate of drug-likeness (QED) is 0.390. The number of halogens is 3. The molecule has 0 bridgehead atoms. The van der Waals surface area contributed by atoms with Crippen molar-refractivity contribution in [1.82, 2.24) is 30.1 Å². The van der Waals surface area contributed by atoms with Crippen LogP contribution in [0.2, 0.25) is 0 Å². The number of rotatable bonds is 9. The van der Waals surface area contributed by atoms with Gasteiger partial charge >= 0.3 is 6.18 Å². The van der Waals surface area contributed by atoms with Crippen LogP contribution in [0.3, 0.4) is 0 Å². The predicted octanol–water partition coefficient (Wildman–Crippen LogP) is 2.79. The lowest BCUT2D eigenvalue weighted by Gasteiger charge is -2.27. The zero-order valence-electron chi connectivity index (χ0n) is 24.0. The molecule has 2 fully saturated rings. The molecule has 2 aromatic carbocycles. The molecule has 0 saturated carbocycles. The number of carbonyl (C=O) groups excluding carboxylic acids is 3. The minimum Gasteiger partial charge on any atom is -0.350 e. The van der Waals surface area contributed by atoms with Crippen molar-refractivity contribution in [3.8, 4) is 0 Å². The summed E-state index contributed by atoms with van der Waals surface area (Å²) >= 11 is 0. The van der Waals surface area contributed by atoms with Crippen LogP contribution in [0.15, 0.2) is 42.5 Å². The lowest BCUT2D eigenvalue weighted by molar-refractivity contribution is -0.140. The van der Waals surface area contributed by atoms with Gasteiger partial charge in [-0.2, -0.15) is 13.2 Å². The van der Waals surface area contributed by atoms with E-state index in [1.807, 2.05) is 18.2 Å². The van der Waals surface area contributed by atoms with Crippen LogP contribution < -0.4 is 11.1 Å². The number of hydrogen-bond donors (Lipinski definition) is 2. The highest BCUT2D eigenvalue weighted by molar-refractivity contribution is 5.91. The lowest BCUT2D eigenvalue weighted by Crippen LogP contribution is -2.51. The zero-order chi connectivity index (χ0) is 30.7. The first kappa shape index (κ1) is 30.5. The third kappa shape index (κ3) is 7.15. The van der Waals surface area contributed by atoms with Crippen molar-refractivity contribution in [2.24, 2.45) is 18.7 Å². The van der Waals surface area contributed by atoms with Gasteiger partial charge < -0.3 is 20.9 Å². The molecule has 3 N–H and O–H groups in total. The summed E-state index contributed by atoms with van der Waals surface area (Å²) in [6.07, 6.45) is -1.44. The second kappa shape index (κ2) is 12.7. The molecule has 0 radical (unpaired) electrons. The van der Waals surface area contributed by atoms with Gasteiger partial charge in [0.05, 0.1) is 17.1 Å². The minimum absolute atomic E-state index is 0.0308. The molecule has 230 valence electrons. The third-order valence-corrected chi connectivity index (χ3v) is 8.37. The highest BCUT2D eigenvalue weighted by Crippen LogP contribution is 2.31. The van der Waals surface area contributed by atoms with Gasteiger partial charge in [0, 0.05) is 39.6 Å². The van der Waals surface area contributed by atoms with Crippen LogP contribution >= 0.6 is 0 Å². The van der Waals surface area contributed by atoms with E-state index in [1.54, 1.807) is 16.6 Å². The topological polar surface area (TPSA) is 126 Å². The number of nitrogens with zero attached hydrogens (tertiary/aromatic N) is 5. The molecule has 2 aliphatic rings. The smallest absolute Gasteiger partial charge is 0.350 e. The molecule has 0 aliphatic carbocycles. The van der Waals surface area contributed by atoms with Crippen LogP contribution in [0, 0.1) is 5.92 Å². The van der Waals surface area contributed by atoms with Crippen LogP contribution in [0.1, 0.15) is 48.8 Å². The van der Waals surface area contributed by atoms with E-state index in [0.29, 0.717) is 37.0 Å². The second-order valence-corrected chi connectivity index (χ2v) is 11.5. The minimum atomic E-state index is -4.43. The molecule has 5 rings (SSSR count). The number of carbonyl (C=O) groups is 3. The average molecular weight is 600 g/mol. The van der Waals surface area contributed by atoms with Gasteiger partial charge in [-0.05, 0) is 73.4 Å². The molecule has 3 atom stereocenters. The maximum Gasteiger partial charge on any atom is 0.416 e. The summed E-state index contributed by atoms with van der Waals surface area (Å²) in [5.41, 5.74) is 8.58. The Morgan fingerprint density at radius 2 is 1.77 bits per heavy atom. The molecule has 3 aromatic rings. The molecule has 0 spiro atoms. The first-order valence-electron chi connectivity index (χ1n) is 14.6. The standard InChI is InChI=1S/C30H36F3N7O3/c1-38-25-10-6-20(15-24(25)36-37-38)17-35-28(42)26-16-21(14-19-4-7-22(8-5-19)30(31,32)33)18-40(26)29(43)23(34)9-11-27(41)39-12-2-3-13-39/h4-8,10,15,21,23,26H,2-3,9,11-14,16-18,34H2,1H3,(H,35,42)/t21-,23-,26+/m1/s1. The van der Waals surface area contributed by atoms with Crippen molar-refractivity contribution in [2.75, 3.05) is 19.6 Å². The predicted molar refractivity (Wildman–Crippen MR) is 152 cm³/mol. The number of aryl methyl sites for hydroxylation is 1. The van der Waals surface area contributed by atoms with Crippen LogP contribution in [-0.2, 0) is 40.6 Å². The number of amides is 3. The van der Waals surface area contributed by atoms with Crippen LogP contribution in [0.5, 0.6) is 0 Å².